The fourth-order valence-electron chi connectivity index (χ4n) is 4.36. The van der Waals surface area contributed by atoms with Crippen LogP contribution in [0.1, 0.15) is 58.6 Å². The highest BCUT2D eigenvalue weighted by Crippen LogP contribution is 2.38. The molecule has 0 radical (unpaired) electrons. The molecule has 1 aliphatic carbocycles. The zero-order chi connectivity index (χ0) is 22.2. The SMILES string of the molecule is C[C@@H]1CC(c2cncc(-c3ccc(OC(F)F)c(OCC4CC4)c3)n2)CN1C(C)(C)C. The summed E-state index contributed by atoms with van der Waals surface area (Å²) in [7, 11) is 0. The van der Waals surface area contributed by atoms with Crippen molar-refractivity contribution in [3.05, 3.63) is 36.3 Å². The van der Waals surface area contributed by atoms with Gasteiger partial charge in [0, 0.05) is 35.8 Å². The average molecular weight is 432 g/mol. The number of hydrogen-bond acceptors (Lipinski definition) is 5. The Balaban J connectivity index is 1.57. The summed E-state index contributed by atoms with van der Waals surface area (Å²) < 4.78 is 36.1. The number of ether oxygens (including phenoxy) is 2. The molecule has 2 atom stereocenters. The van der Waals surface area contributed by atoms with Crippen LogP contribution in [0.5, 0.6) is 11.5 Å². The summed E-state index contributed by atoms with van der Waals surface area (Å²) in [5.41, 5.74) is 2.55. The molecule has 1 aromatic heterocycles. The second kappa shape index (κ2) is 8.69. The van der Waals surface area contributed by atoms with Crippen molar-refractivity contribution in [1.29, 1.82) is 0 Å². The van der Waals surface area contributed by atoms with Crippen LogP contribution in [-0.4, -0.2) is 46.2 Å². The minimum atomic E-state index is -2.90. The molecule has 0 spiro atoms. The van der Waals surface area contributed by atoms with Crippen molar-refractivity contribution in [2.24, 2.45) is 5.92 Å². The van der Waals surface area contributed by atoms with Crippen molar-refractivity contribution in [2.45, 2.75) is 71.1 Å². The Hall–Kier alpha value is -2.28. The number of alkyl halides is 2. The molecule has 0 bridgehead atoms. The van der Waals surface area contributed by atoms with E-state index in [0.29, 0.717) is 35.9 Å². The smallest absolute Gasteiger partial charge is 0.387 e. The third-order valence-corrected chi connectivity index (χ3v) is 6.13. The van der Waals surface area contributed by atoms with E-state index in [-0.39, 0.29) is 11.3 Å². The molecule has 1 saturated carbocycles. The van der Waals surface area contributed by atoms with Gasteiger partial charge in [-0.1, -0.05) is 0 Å². The van der Waals surface area contributed by atoms with Crippen molar-refractivity contribution in [3.63, 3.8) is 0 Å². The first kappa shape index (κ1) is 21.9. The van der Waals surface area contributed by atoms with Gasteiger partial charge in [0.2, 0.25) is 0 Å². The van der Waals surface area contributed by atoms with Gasteiger partial charge in [-0.15, -0.1) is 0 Å². The maximum absolute atomic E-state index is 12.8. The summed E-state index contributed by atoms with van der Waals surface area (Å²) >= 11 is 0. The van der Waals surface area contributed by atoms with Crippen LogP contribution in [-0.2, 0) is 0 Å². The van der Waals surface area contributed by atoms with Gasteiger partial charge in [0.05, 0.1) is 24.2 Å². The van der Waals surface area contributed by atoms with E-state index in [1.165, 1.54) is 6.07 Å². The summed E-state index contributed by atoms with van der Waals surface area (Å²) in [6.07, 6.45) is 6.81. The van der Waals surface area contributed by atoms with E-state index in [4.69, 9.17) is 9.72 Å². The number of hydrogen-bond donors (Lipinski definition) is 0. The molecule has 0 N–H and O–H groups in total. The zero-order valence-electron chi connectivity index (χ0n) is 18.6. The van der Waals surface area contributed by atoms with E-state index in [0.717, 1.165) is 37.1 Å². The van der Waals surface area contributed by atoms with Crippen LogP contribution >= 0.6 is 0 Å². The van der Waals surface area contributed by atoms with E-state index in [1.54, 1.807) is 18.3 Å². The lowest BCUT2D eigenvalue weighted by molar-refractivity contribution is -0.0515. The Morgan fingerprint density at radius 3 is 2.58 bits per heavy atom. The van der Waals surface area contributed by atoms with E-state index in [1.807, 2.05) is 6.20 Å². The molecule has 2 aliphatic rings. The van der Waals surface area contributed by atoms with Gasteiger partial charge in [-0.25, -0.2) is 4.98 Å². The van der Waals surface area contributed by atoms with E-state index in [2.05, 4.69) is 42.3 Å². The minimum Gasteiger partial charge on any atom is -0.489 e. The van der Waals surface area contributed by atoms with Crippen LogP contribution in [0, 0.1) is 5.92 Å². The highest BCUT2D eigenvalue weighted by molar-refractivity contribution is 5.63. The first-order chi connectivity index (χ1) is 14.7. The van der Waals surface area contributed by atoms with Gasteiger partial charge in [0.1, 0.15) is 0 Å². The molecule has 2 fully saturated rings. The third kappa shape index (κ3) is 5.32. The Morgan fingerprint density at radius 1 is 1.16 bits per heavy atom. The molecule has 7 heteroatoms. The normalized spacial score (nSPS) is 22.2. The highest BCUT2D eigenvalue weighted by atomic mass is 19.3. The van der Waals surface area contributed by atoms with Crippen LogP contribution < -0.4 is 9.47 Å². The fourth-order valence-corrected chi connectivity index (χ4v) is 4.36. The number of rotatable bonds is 7. The second-order valence-corrected chi connectivity index (χ2v) is 9.73. The Bertz CT molecular complexity index is 912. The minimum absolute atomic E-state index is 0.0500. The molecule has 0 amide bonds. The van der Waals surface area contributed by atoms with Crippen molar-refractivity contribution < 1.29 is 18.3 Å². The first-order valence-electron chi connectivity index (χ1n) is 11.0. The second-order valence-electron chi connectivity index (χ2n) is 9.73. The van der Waals surface area contributed by atoms with Crippen LogP contribution in [0.2, 0.25) is 0 Å². The largest absolute Gasteiger partial charge is 0.489 e. The first-order valence-corrected chi connectivity index (χ1v) is 11.0. The maximum Gasteiger partial charge on any atom is 0.387 e. The average Bonchev–Trinajstić information content (AvgIpc) is 3.45. The molecule has 1 aromatic carbocycles. The summed E-state index contributed by atoms with van der Waals surface area (Å²) in [4.78, 5) is 11.8. The van der Waals surface area contributed by atoms with Crippen molar-refractivity contribution in [3.8, 4) is 22.8 Å². The van der Waals surface area contributed by atoms with Gasteiger partial charge in [-0.3, -0.25) is 9.88 Å². The predicted octanol–water partition coefficient (Wildman–Crippen LogP) is 5.51. The summed E-state index contributed by atoms with van der Waals surface area (Å²) in [5, 5.41) is 0. The Kier molecular flexibility index (Phi) is 6.15. The maximum atomic E-state index is 12.8. The Morgan fingerprint density at radius 2 is 1.94 bits per heavy atom. The number of halogens is 2. The molecular weight excluding hydrogens is 400 g/mol. The number of nitrogens with zero attached hydrogens (tertiary/aromatic N) is 3. The van der Waals surface area contributed by atoms with E-state index >= 15 is 0 Å². The predicted molar refractivity (Wildman–Crippen MR) is 116 cm³/mol. The van der Waals surface area contributed by atoms with Gasteiger partial charge < -0.3 is 9.47 Å². The lowest BCUT2D eigenvalue weighted by Gasteiger charge is -2.35. The molecule has 4 rings (SSSR count). The number of likely N-dealkylation sites (tertiary alicyclic amines) is 1. The highest BCUT2D eigenvalue weighted by Gasteiger charge is 2.37. The van der Waals surface area contributed by atoms with Gasteiger partial charge in [0.15, 0.2) is 11.5 Å². The Labute approximate surface area is 182 Å². The summed E-state index contributed by atoms with van der Waals surface area (Å²) in [6, 6.07) is 5.46. The van der Waals surface area contributed by atoms with Crippen molar-refractivity contribution >= 4 is 0 Å². The third-order valence-electron chi connectivity index (χ3n) is 6.13. The van der Waals surface area contributed by atoms with Crippen molar-refractivity contribution in [2.75, 3.05) is 13.2 Å². The van der Waals surface area contributed by atoms with Crippen LogP contribution in [0.15, 0.2) is 30.6 Å². The monoisotopic (exact) mass is 431 g/mol. The van der Waals surface area contributed by atoms with Crippen LogP contribution in [0.4, 0.5) is 8.78 Å². The number of benzene rings is 1. The van der Waals surface area contributed by atoms with Crippen LogP contribution in [0.25, 0.3) is 11.3 Å². The number of aromatic nitrogens is 2. The lowest BCUT2D eigenvalue weighted by Crippen LogP contribution is -2.43. The van der Waals surface area contributed by atoms with E-state index in [9.17, 15) is 8.78 Å². The standard InChI is InChI=1S/C24H31F2N3O2/c1-15-9-18(13-29(15)24(2,3)4)20-12-27-11-19(28-20)17-7-8-21(31-23(25)26)22(10-17)30-14-16-5-6-16/h7-8,10-12,15-16,18,23H,5-6,9,13-14H2,1-4H3/t15-,18?/m1/s1. The zero-order valence-corrected chi connectivity index (χ0v) is 18.6. The molecule has 1 unspecified atom stereocenters. The molecule has 5 nitrogen and oxygen atoms in total. The van der Waals surface area contributed by atoms with E-state index < -0.39 is 6.61 Å². The molecule has 2 heterocycles. The lowest BCUT2D eigenvalue weighted by atomic mass is 10.0. The molecule has 1 saturated heterocycles. The fraction of sp³-hybridized carbons (Fsp3) is 0.583. The van der Waals surface area contributed by atoms with Gasteiger partial charge >= 0.3 is 6.61 Å². The molecule has 168 valence electrons. The molecule has 1 aliphatic heterocycles. The quantitative estimate of drug-likeness (QED) is 0.579. The van der Waals surface area contributed by atoms with Gasteiger partial charge in [0.25, 0.3) is 0 Å². The van der Waals surface area contributed by atoms with Gasteiger partial charge in [-0.2, -0.15) is 8.78 Å². The molecule has 31 heavy (non-hydrogen) atoms. The van der Waals surface area contributed by atoms with Gasteiger partial charge in [-0.05, 0) is 71.1 Å². The molecule has 2 aromatic rings. The molecular formula is C24H31F2N3O2. The van der Waals surface area contributed by atoms with Crippen molar-refractivity contribution in [1.82, 2.24) is 14.9 Å². The summed E-state index contributed by atoms with van der Waals surface area (Å²) in [5.74, 6) is 1.19. The van der Waals surface area contributed by atoms with Crippen LogP contribution in [0.3, 0.4) is 0 Å². The topological polar surface area (TPSA) is 47.5 Å². The summed E-state index contributed by atoms with van der Waals surface area (Å²) in [6.45, 7) is 7.53.